The van der Waals surface area contributed by atoms with Crippen molar-refractivity contribution in [3.8, 4) is 5.75 Å². The number of hydrogen-bond donors (Lipinski definition) is 0. The summed E-state index contributed by atoms with van der Waals surface area (Å²) >= 11 is 0. The standard InChI is InChI=1S/C20H26O2/c1-3-14-4-6-19(7-5-14)21-13(2)22-20-17-9-15-8-16(11-17)12-18(20)10-15/h3-7,13,15-18,20H,1,8-12H2,2H3. The Morgan fingerprint density at radius 3 is 2.14 bits per heavy atom. The smallest absolute Gasteiger partial charge is 0.197 e. The van der Waals surface area contributed by atoms with E-state index in [9.17, 15) is 0 Å². The fraction of sp³-hybridized carbons (Fsp3) is 0.600. The lowest BCUT2D eigenvalue weighted by Crippen LogP contribution is -2.50. The first-order chi connectivity index (χ1) is 10.7. The zero-order valence-electron chi connectivity index (χ0n) is 13.4. The molecule has 0 spiro atoms. The summed E-state index contributed by atoms with van der Waals surface area (Å²) in [6, 6.07) is 8.04. The van der Waals surface area contributed by atoms with Crippen LogP contribution in [0.5, 0.6) is 5.75 Å². The van der Waals surface area contributed by atoms with Crippen molar-refractivity contribution in [2.24, 2.45) is 23.7 Å². The summed E-state index contributed by atoms with van der Waals surface area (Å²) in [4.78, 5) is 0. The molecule has 5 rings (SSSR count). The molecule has 0 N–H and O–H groups in total. The van der Waals surface area contributed by atoms with E-state index >= 15 is 0 Å². The van der Waals surface area contributed by atoms with Crippen LogP contribution >= 0.6 is 0 Å². The van der Waals surface area contributed by atoms with E-state index in [4.69, 9.17) is 9.47 Å². The molecular weight excluding hydrogens is 272 g/mol. The maximum absolute atomic E-state index is 6.35. The number of ether oxygens (including phenoxy) is 2. The van der Waals surface area contributed by atoms with E-state index in [-0.39, 0.29) is 6.29 Å². The summed E-state index contributed by atoms with van der Waals surface area (Å²) in [6.45, 7) is 5.81. The van der Waals surface area contributed by atoms with Crippen molar-refractivity contribution in [1.82, 2.24) is 0 Å². The van der Waals surface area contributed by atoms with E-state index in [1.165, 1.54) is 32.1 Å². The molecule has 2 nitrogen and oxygen atoms in total. The first kappa shape index (κ1) is 14.3. The lowest BCUT2D eigenvalue weighted by molar-refractivity contribution is -0.191. The van der Waals surface area contributed by atoms with E-state index in [2.05, 4.69) is 6.58 Å². The predicted molar refractivity (Wildman–Crippen MR) is 88.5 cm³/mol. The maximum Gasteiger partial charge on any atom is 0.197 e. The molecule has 118 valence electrons. The summed E-state index contributed by atoms with van der Waals surface area (Å²) in [6.07, 6.45) is 9.14. The molecule has 4 aliphatic rings. The number of benzene rings is 1. The molecule has 0 heterocycles. The Kier molecular flexibility index (Phi) is 3.73. The fourth-order valence-electron chi connectivity index (χ4n) is 5.22. The van der Waals surface area contributed by atoms with Gasteiger partial charge < -0.3 is 9.47 Å². The van der Waals surface area contributed by atoms with Crippen LogP contribution in [0.2, 0.25) is 0 Å². The normalized spacial score (nSPS) is 37.0. The first-order valence-corrected chi connectivity index (χ1v) is 8.76. The van der Waals surface area contributed by atoms with Crippen LogP contribution in [0.25, 0.3) is 6.08 Å². The minimum Gasteiger partial charge on any atom is -0.465 e. The minimum atomic E-state index is -0.169. The lowest BCUT2D eigenvalue weighted by Gasteiger charge is -2.54. The molecule has 4 aliphatic carbocycles. The molecule has 1 atom stereocenters. The SMILES string of the molecule is C=Cc1ccc(OC(C)OC2C3CC4CC(C3)CC2C4)cc1. The van der Waals surface area contributed by atoms with Gasteiger partial charge in [-0.1, -0.05) is 24.8 Å². The van der Waals surface area contributed by atoms with Gasteiger partial charge in [-0.3, -0.25) is 0 Å². The van der Waals surface area contributed by atoms with Gasteiger partial charge in [0.05, 0.1) is 6.10 Å². The highest BCUT2D eigenvalue weighted by molar-refractivity contribution is 5.48. The molecule has 1 aromatic rings. The van der Waals surface area contributed by atoms with Crippen LogP contribution < -0.4 is 4.74 Å². The molecule has 4 fully saturated rings. The van der Waals surface area contributed by atoms with Crippen LogP contribution in [0.1, 0.15) is 44.6 Å². The molecule has 0 radical (unpaired) electrons. The third kappa shape index (κ3) is 2.69. The second kappa shape index (κ2) is 5.73. The highest BCUT2D eigenvalue weighted by Gasteiger charge is 2.49. The Morgan fingerprint density at radius 1 is 1.00 bits per heavy atom. The van der Waals surface area contributed by atoms with E-state index in [1.807, 2.05) is 37.3 Å². The summed E-state index contributed by atoms with van der Waals surface area (Å²) in [5.74, 6) is 4.42. The van der Waals surface area contributed by atoms with Crippen molar-refractivity contribution in [3.63, 3.8) is 0 Å². The van der Waals surface area contributed by atoms with Crippen LogP contribution in [-0.4, -0.2) is 12.4 Å². The van der Waals surface area contributed by atoms with Crippen LogP contribution in [0.4, 0.5) is 0 Å². The average molecular weight is 298 g/mol. The van der Waals surface area contributed by atoms with Gasteiger partial charge in [0, 0.05) is 0 Å². The number of rotatable bonds is 5. The molecule has 1 aromatic carbocycles. The van der Waals surface area contributed by atoms with Crippen LogP contribution in [0.15, 0.2) is 30.8 Å². The summed E-state index contributed by atoms with van der Waals surface area (Å²) in [5.41, 5.74) is 1.11. The van der Waals surface area contributed by atoms with Gasteiger partial charge in [-0.05, 0) is 80.4 Å². The zero-order chi connectivity index (χ0) is 15.1. The monoisotopic (exact) mass is 298 g/mol. The minimum absolute atomic E-state index is 0.169. The molecular formula is C20H26O2. The Morgan fingerprint density at radius 2 is 1.59 bits per heavy atom. The third-order valence-electron chi connectivity index (χ3n) is 5.91. The average Bonchev–Trinajstić information content (AvgIpc) is 2.51. The maximum atomic E-state index is 6.35. The van der Waals surface area contributed by atoms with Crippen molar-refractivity contribution < 1.29 is 9.47 Å². The molecule has 0 amide bonds. The summed E-state index contributed by atoms with van der Waals surface area (Å²) < 4.78 is 12.3. The summed E-state index contributed by atoms with van der Waals surface area (Å²) in [7, 11) is 0. The molecule has 4 bridgehead atoms. The van der Waals surface area contributed by atoms with Crippen molar-refractivity contribution in [2.75, 3.05) is 0 Å². The second-order valence-corrected chi connectivity index (χ2v) is 7.49. The lowest BCUT2D eigenvalue weighted by atomic mass is 9.55. The topological polar surface area (TPSA) is 18.5 Å². The quantitative estimate of drug-likeness (QED) is 0.720. The Labute approximate surface area is 133 Å². The van der Waals surface area contributed by atoms with Gasteiger partial charge >= 0.3 is 0 Å². The molecule has 22 heavy (non-hydrogen) atoms. The van der Waals surface area contributed by atoms with Crippen molar-refractivity contribution in [2.45, 2.75) is 51.4 Å². The van der Waals surface area contributed by atoms with Crippen molar-refractivity contribution in [3.05, 3.63) is 36.4 Å². The number of hydrogen-bond acceptors (Lipinski definition) is 2. The van der Waals surface area contributed by atoms with E-state index in [0.29, 0.717) is 6.10 Å². The highest BCUT2D eigenvalue weighted by atomic mass is 16.7. The van der Waals surface area contributed by atoms with Crippen molar-refractivity contribution in [1.29, 1.82) is 0 Å². The zero-order valence-corrected chi connectivity index (χ0v) is 13.4. The Bertz CT molecular complexity index is 505. The summed E-state index contributed by atoms with van der Waals surface area (Å²) in [5, 5.41) is 0. The molecule has 0 saturated heterocycles. The van der Waals surface area contributed by atoms with Crippen LogP contribution in [-0.2, 0) is 4.74 Å². The van der Waals surface area contributed by atoms with Gasteiger partial charge in [-0.15, -0.1) is 0 Å². The third-order valence-corrected chi connectivity index (χ3v) is 5.91. The molecule has 4 saturated carbocycles. The van der Waals surface area contributed by atoms with Gasteiger partial charge in [0.1, 0.15) is 5.75 Å². The van der Waals surface area contributed by atoms with Crippen molar-refractivity contribution >= 4 is 6.08 Å². The van der Waals surface area contributed by atoms with Gasteiger partial charge in [0.25, 0.3) is 0 Å². The second-order valence-electron chi connectivity index (χ2n) is 7.49. The molecule has 0 aromatic heterocycles. The van der Waals surface area contributed by atoms with Crippen LogP contribution in [0, 0.1) is 23.7 Å². The largest absolute Gasteiger partial charge is 0.465 e. The van der Waals surface area contributed by atoms with Gasteiger partial charge in [-0.25, -0.2) is 0 Å². The van der Waals surface area contributed by atoms with Gasteiger partial charge in [0.15, 0.2) is 6.29 Å². The van der Waals surface area contributed by atoms with E-state index in [0.717, 1.165) is 35.0 Å². The first-order valence-electron chi connectivity index (χ1n) is 8.76. The molecule has 0 aliphatic heterocycles. The molecule has 1 unspecified atom stereocenters. The fourth-order valence-corrected chi connectivity index (χ4v) is 5.22. The highest BCUT2D eigenvalue weighted by Crippen LogP contribution is 2.54. The Balaban J connectivity index is 1.37. The Hall–Kier alpha value is -1.28. The van der Waals surface area contributed by atoms with Crippen LogP contribution in [0.3, 0.4) is 0 Å². The van der Waals surface area contributed by atoms with Gasteiger partial charge in [-0.2, -0.15) is 0 Å². The predicted octanol–water partition coefficient (Wildman–Crippen LogP) is 4.90. The van der Waals surface area contributed by atoms with Gasteiger partial charge in [0.2, 0.25) is 0 Å². The van der Waals surface area contributed by atoms with E-state index in [1.54, 1.807) is 0 Å². The molecule has 2 heteroatoms. The van der Waals surface area contributed by atoms with E-state index < -0.39 is 0 Å².